The number of thioether (sulfide) groups is 1. The van der Waals surface area contributed by atoms with Gasteiger partial charge in [-0.15, -0.1) is 11.8 Å². The van der Waals surface area contributed by atoms with Crippen molar-refractivity contribution in [2.45, 2.75) is 81.8 Å². The normalized spacial score (nSPS) is 20.8. The highest BCUT2D eigenvalue weighted by molar-refractivity contribution is 7.98. The summed E-state index contributed by atoms with van der Waals surface area (Å²) in [6.45, 7) is 6.28. The fourth-order valence-electron chi connectivity index (χ4n) is 6.34. The van der Waals surface area contributed by atoms with Crippen molar-refractivity contribution >= 4 is 29.3 Å². The highest BCUT2D eigenvalue weighted by Gasteiger charge is 2.39. The van der Waals surface area contributed by atoms with Gasteiger partial charge in [0, 0.05) is 39.7 Å². The number of carbonyl (C=O) groups excluding carboxylic acids is 1. The van der Waals surface area contributed by atoms with Crippen LogP contribution in [0.1, 0.15) is 85.3 Å². The van der Waals surface area contributed by atoms with Crippen molar-refractivity contribution in [2.24, 2.45) is 13.0 Å². The smallest absolute Gasteiger partial charge is 0.265 e. The number of hydrogen-bond acceptors (Lipinski definition) is 7. The average Bonchev–Trinajstić information content (AvgIpc) is 3.51. The van der Waals surface area contributed by atoms with Crippen LogP contribution in [0.2, 0.25) is 0 Å². The predicted octanol–water partition coefficient (Wildman–Crippen LogP) is 4.85. The summed E-state index contributed by atoms with van der Waals surface area (Å²) in [5.74, 6) is 2.29. The van der Waals surface area contributed by atoms with Gasteiger partial charge in [-0.1, -0.05) is 11.6 Å². The van der Waals surface area contributed by atoms with E-state index < -0.39 is 0 Å². The third-order valence-corrected chi connectivity index (χ3v) is 9.76. The Morgan fingerprint density at radius 3 is 2.71 bits per heavy atom. The molecule has 0 bridgehead atoms. The molecule has 10 heteroatoms. The first-order valence-corrected chi connectivity index (χ1v) is 15.8. The monoisotopic (exact) mass is 571 g/mol. The zero-order valence-corrected chi connectivity index (χ0v) is 25.2. The Hall–Kier alpha value is -3.42. The van der Waals surface area contributed by atoms with E-state index in [1.165, 1.54) is 19.3 Å². The molecule has 2 aromatic heterocycles. The van der Waals surface area contributed by atoms with E-state index in [1.54, 1.807) is 18.1 Å². The van der Waals surface area contributed by atoms with Gasteiger partial charge in [0.15, 0.2) is 11.5 Å². The zero-order chi connectivity index (χ0) is 28.7. The molecular weight excluding hydrogens is 532 g/mol. The number of amides is 1. The highest BCUT2D eigenvalue weighted by Crippen LogP contribution is 2.47. The van der Waals surface area contributed by atoms with Crippen molar-refractivity contribution in [1.29, 1.82) is 5.26 Å². The minimum atomic E-state index is -0.0283. The molecule has 0 radical (unpaired) electrons. The van der Waals surface area contributed by atoms with E-state index in [1.807, 2.05) is 27.5 Å². The van der Waals surface area contributed by atoms with E-state index >= 15 is 0 Å². The van der Waals surface area contributed by atoms with Crippen LogP contribution in [0.3, 0.4) is 0 Å². The molecular formula is C31H39N8OS+. The second-order valence-electron chi connectivity index (χ2n) is 12.2. The molecule has 1 aliphatic heterocycles. The number of fused-ring (bicyclic) bond motifs is 1. The van der Waals surface area contributed by atoms with Gasteiger partial charge >= 0.3 is 0 Å². The molecule has 1 amide bonds. The summed E-state index contributed by atoms with van der Waals surface area (Å²) in [6.07, 6.45) is 12.0. The third-order valence-electron chi connectivity index (χ3n) is 8.95. The second kappa shape index (κ2) is 11.1. The molecule has 1 aromatic carbocycles. The number of anilines is 2. The van der Waals surface area contributed by atoms with Gasteiger partial charge in [-0.3, -0.25) is 9.69 Å². The van der Waals surface area contributed by atoms with E-state index in [-0.39, 0.29) is 11.4 Å². The van der Waals surface area contributed by atoms with Crippen LogP contribution in [0.5, 0.6) is 0 Å². The number of aryl methyl sites for hydroxylation is 1. The summed E-state index contributed by atoms with van der Waals surface area (Å²) in [7, 11) is 1.95. The molecule has 0 saturated heterocycles. The van der Waals surface area contributed by atoms with E-state index in [9.17, 15) is 4.79 Å². The van der Waals surface area contributed by atoms with Gasteiger partial charge in [-0.25, -0.2) is 9.55 Å². The van der Waals surface area contributed by atoms with E-state index in [2.05, 4.69) is 60.1 Å². The fourth-order valence-corrected chi connectivity index (χ4v) is 7.03. The topological polar surface area (TPSA) is 103 Å². The minimum absolute atomic E-state index is 0.0283. The number of benzene rings is 1. The summed E-state index contributed by atoms with van der Waals surface area (Å²) in [5, 5.41) is 20.8. The van der Waals surface area contributed by atoms with Gasteiger partial charge in [0.25, 0.3) is 12.2 Å². The molecule has 2 saturated carbocycles. The van der Waals surface area contributed by atoms with Crippen LogP contribution >= 0.6 is 11.8 Å². The molecule has 0 spiro atoms. The Balaban J connectivity index is 1.42. The Morgan fingerprint density at radius 1 is 1.27 bits per heavy atom. The standard InChI is InChI=1S/C31H39N8OS/c1-20-11-22(12-20)23-15-27(33-10-6-9-32)36-29(28(23)39-19-37(3)18-35-39)38-17-25-24(30(38)40)13-21(14-26(25)41-4)16-34-31(2)7-5-8-31/h13-15,18-20,22,34H,5-8,10-12,16-17H2,1-4H3,(H,33,36)/q+1. The van der Waals surface area contributed by atoms with Crippen LogP contribution in [0.15, 0.2) is 35.7 Å². The first kappa shape index (κ1) is 27.7. The molecule has 6 rings (SSSR count). The van der Waals surface area contributed by atoms with Crippen LogP contribution in [-0.2, 0) is 20.1 Å². The number of nitrogens with one attached hydrogen (secondary N) is 2. The van der Waals surface area contributed by atoms with Gasteiger partial charge in [0.05, 0.1) is 26.1 Å². The van der Waals surface area contributed by atoms with E-state index in [0.717, 1.165) is 52.2 Å². The number of carbonyl (C=O) groups is 1. The van der Waals surface area contributed by atoms with Crippen molar-refractivity contribution in [3.05, 3.63) is 53.1 Å². The first-order chi connectivity index (χ1) is 19.8. The highest BCUT2D eigenvalue weighted by atomic mass is 32.2. The Kier molecular flexibility index (Phi) is 7.51. The molecule has 214 valence electrons. The molecule has 2 fully saturated rings. The van der Waals surface area contributed by atoms with Gasteiger partial charge in [-0.2, -0.15) is 5.26 Å². The molecule has 3 aromatic rings. The summed E-state index contributed by atoms with van der Waals surface area (Å²) >= 11 is 1.69. The average molecular weight is 572 g/mol. The summed E-state index contributed by atoms with van der Waals surface area (Å²) in [4.78, 5) is 22.2. The van der Waals surface area contributed by atoms with E-state index in [4.69, 9.17) is 10.2 Å². The maximum atomic E-state index is 14.2. The SMILES string of the molecule is CSc1cc(CNC2(C)CCC2)cc2c1CN(c1nc(NCCC#N)cc(C3CC(C)C3)c1-n1c[n+](C)cn1)C2=O. The lowest BCUT2D eigenvalue weighted by atomic mass is 9.72. The third kappa shape index (κ3) is 5.33. The molecule has 0 unspecified atom stereocenters. The van der Waals surface area contributed by atoms with Crippen LogP contribution in [0.25, 0.3) is 5.69 Å². The van der Waals surface area contributed by atoms with Crippen molar-refractivity contribution in [1.82, 2.24) is 20.1 Å². The summed E-state index contributed by atoms with van der Waals surface area (Å²) < 4.78 is 3.77. The lowest BCUT2D eigenvalue weighted by Gasteiger charge is -2.39. The van der Waals surface area contributed by atoms with Crippen LogP contribution in [-0.4, -0.2) is 39.0 Å². The maximum absolute atomic E-state index is 14.2. The predicted molar refractivity (Wildman–Crippen MR) is 160 cm³/mol. The number of hydrogen-bond donors (Lipinski definition) is 2. The molecule has 0 atom stereocenters. The Bertz CT molecular complexity index is 1510. The number of pyridine rings is 1. The Labute approximate surface area is 246 Å². The van der Waals surface area contributed by atoms with Crippen molar-refractivity contribution in [2.75, 3.05) is 23.0 Å². The van der Waals surface area contributed by atoms with Crippen molar-refractivity contribution in [3.8, 4) is 11.8 Å². The first-order valence-electron chi connectivity index (χ1n) is 14.6. The van der Waals surface area contributed by atoms with Gasteiger partial charge < -0.3 is 10.6 Å². The van der Waals surface area contributed by atoms with Crippen molar-refractivity contribution < 1.29 is 9.36 Å². The zero-order valence-electron chi connectivity index (χ0n) is 24.4. The largest absolute Gasteiger partial charge is 0.369 e. The lowest BCUT2D eigenvalue weighted by Crippen LogP contribution is -2.47. The molecule has 3 aliphatic rings. The quantitative estimate of drug-likeness (QED) is 0.204. The molecule has 9 nitrogen and oxygen atoms in total. The minimum Gasteiger partial charge on any atom is -0.369 e. The fraction of sp³-hybridized carbons (Fsp3) is 0.516. The van der Waals surface area contributed by atoms with Gasteiger partial charge in [0.1, 0.15) is 5.82 Å². The molecule has 3 heterocycles. The maximum Gasteiger partial charge on any atom is 0.265 e. The van der Waals surface area contributed by atoms with Crippen LogP contribution in [0.4, 0.5) is 11.6 Å². The van der Waals surface area contributed by atoms with Gasteiger partial charge in [-0.05, 0) is 86.4 Å². The van der Waals surface area contributed by atoms with E-state index in [0.29, 0.717) is 43.0 Å². The second-order valence-corrected chi connectivity index (χ2v) is 13.1. The molecule has 2 N–H and O–H groups in total. The summed E-state index contributed by atoms with van der Waals surface area (Å²) in [6, 6.07) is 8.60. The molecule has 2 aliphatic carbocycles. The van der Waals surface area contributed by atoms with Gasteiger partial charge in [0.2, 0.25) is 6.33 Å². The number of nitrogens with zero attached hydrogens (tertiary/aromatic N) is 6. The Morgan fingerprint density at radius 2 is 2.07 bits per heavy atom. The number of nitriles is 1. The number of aromatic nitrogens is 4. The van der Waals surface area contributed by atoms with Crippen LogP contribution < -0.4 is 20.1 Å². The summed E-state index contributed by atoms with van der Waals surface area (Å²) in [5.41, 5.74) is 5.15. The van der Waals surface area contributed by atoms with Crippen LogP contribution in [0, 0.1) is 17.2 Å². The number of rotatable bonds is 10. The molecule has 41 heavy (non-hydrogen) atoms. The van der Waals surface area contributed by atoms with Crippen molar-refractivity contribution in [3.63, 3.8) is 0 Å². The lowest BCUT2D eigenvalue weighted by molar-refractivity contribution is -0.672.